The average molecular weight is 260 g/mol. The van der Waals surface area contributed by atoms with Gasteiger partial charge in [0.2, 0.25) is 0 Å². The lowest BCUT2D eigenvalue weighted by Crippen LogP contribution is -2.00. The fourth-order valence-corrected chi connectivity index (χ4v) is 1.88. The van der Waals surface area contributed by atoms with Crippen LogP contribution in [0.1, 0.15) is 11.5 Å². The van der Waals surface area contributed by atoms with Crippen LogP contribution in [-0.2, 0) is 12.8 Å². The van der Waals surface area contributed by atoms with Crippen molar-refractivity contribution >= 4 is 17.2 Å². The molecule has 5 nitrogen and oxygen atoms in total. The number of hydrogen-bond donors (Lipinski definition) is 0. The van der Waals surface area contributed by atoms with Crippen LogP contribution >= 0.6 is 11.6 Å². The second-order valence-corrected chi connectivity index (χ2v) is 4.28. The molecule has 0 atom stereocenters. The predicted octanol–water partition coefficient (Wildman–Crippen LogP) is 1.96. The van der Waals surface area contributed by atoms with Gasteiger partial charge in [0, 0.05) is 12.6 Å². The summed E-state index contributed by atoms with van der Waals surface area (Å²) < 4.78 is 1.98. The minimum absolute atomic E-state index is 0.409. The molecule has 0 aromatic carbocycles. The van der Waals surface area contributed by atoms with Crippen molar-refractivity contribution in [3.05, 3.63) is 53.2 Å². The zero-order valence-electron chi connectivity index (χ0n) is 9.49. The molecule has 0 N–H and O–H groups in total. The Balaban J connectivity index is 1.79. The summed E-state index contributed by atoms with van der Waals surface area (Å²) in [5.41, 5.74) is 1.75. The molecule has 0 spiro atoms. The van der Waals surface area contributed by atoms with Crippen molar-refractivity contribution < 1.29 is 0 Å². The van der Waals surface area contributed by atoms with Crippen LogP contribution in [0, 0.1) is 0 Å². The smallest absolute Gasteiger partial charge is 0.160 e. The quantitative estimate of drug-likeness (QED) is 0.722. The molecule has 0 aliphatic heterocycles. The van der Waals surface area contributed by atoms with Crippen molar-refractivity contribution in [2.24, 2.45) is 0 Å². The topological polar surface area (TPSA) is 56.0 Å². The largest absolute Gasteiger partial charge is 0.286 e. The minimum Gasteiger partial charge on any atom is -0.286 e. The molecule has 0 fully saturated rings. The van der Waals surface area contributed by atoms with E-state index in [1.54, 1.807) is 6.07 Å². The highest BCUT2D eigenvalue weighted by atomic mass is 35.5. The Morgan fingerprint density at radius 1 is 0.944 bits per heavy atom. The molecule has 0 aliphatic rings. The second kappa shape index (κ2) is 4.70. The molecule has 0 bridgehead atoms. The van der Waals surface area contributed by atoms with Crippen LogP contribution in [0.15, 0.2) is 36.5 Å². The summed E-state index contributed by atoms with van der Waals surface area (Å²) in [6.07, 6.45) is 3.49. The molecular formula is C12H10ClN5. The maximum Gasteiger partial charge on any atom is 0.160 e. The van der Waals surface area contributed by atoms with Gasteiger partial charge in [-0.2, -0.15) is 5.10 Å². The molecule has 0 saturated heterocycles. The van der Waals surface area contributed by atoms with Gasteiger partial charge in [0.1, 0.15) is 5.82 Å². The van der Waals surface area contributed by atoms with E-state index in [1.165, 1.54) is 0 Å². The number of hydrogen-bond acceptors (Lipinski definition) is 4. The summed E-state index contributed by atoms with van der Waals surface area (Å²) in [5.74, 6) is 0.919. The molecular weight excluding hydrogens is 250 g/mol. The van der Waals surface area contributed by atoms with Gasteiger partial charge >= 0.3 is 0 Å². The average Bonchev–Trinajstić information content (AvgIpc) is 2.82. The van der Waals surface area contributed by atoms with E-state index in [1.807, 2.05) is 34.9 Å². The minimum atomic E-state index is 0.409. The van der Waals surface area contributed by atoms with Gasteiger partial charge in [0.05, 0.1) is 5.69 Å². The molecule has 3 aromatic rings. The van der Waals surface area contributed by atoms with Crippen LogP contribution in [-0.4, -0.2) is 24.8 Å². The molecule has 3 rings (SSSR count). The summed E-state index contributed by atoms with van der Waals surface area (Å²) >= 11 is 5.69. The van der Waals surface area contributed by atoms with Crippen LogP contribution in [0.4, 0.5) is 0 Å². The molecule has 0 radical (unpaired) electrons. The fraction of sp³-hybridized carbons (Fsp3) is 0.167. The fourth-order valence-electron chi connectivity index (χ4n) is 1.78. The van der Waals surface area contributed by atoms with Crippen molar-refractivity contribution in [1.29, 1.82) is 0 Å². The summed E-state index contributed by atoms with van der Waals surface area (Å²) in [4.78, 5) is 0. The number of halogens is 1. The molecule has 0 unspecified atom stereocenters. The SMILES string of the molecule is Clc1ccc(CCc2nnc3ccccn23)nn1. The Hall–Kier alpha value is -2.01. The van der Waals surface area contributed by atoms with Crippen LogP contribution in [0.5, 0.6) is 0 Å². The highest BCUT2D eigenvalue weighted by molar-refractivity contribution is 6.29. The van der Waals surface area contributed by atoms with Crippen LogP contribution in [0.2, 0.25) is 5.15 Å². The van der Waals surface area contributed by atoms with Gasteiger partial charge in [-0.1, -0.05) is 17.7 Å². The van der Waals surface area contributed by atoms with E-state index in [9.17, 15) is 0 Å². The van der Waals surface area contributed by atoms with Gasteiger partial charge in [-0.3, -0.25) is 4.40 Å². The summed E-state index contributed by atoms with van der Waals surface area (Å²) in [6, 6.07) is 9.45. The van der Waals surface area contributed by atoms with Crippen molar-refractivity contribution in [3.8, 4) is 0 Å². The number of aryl methyl sites for hydroxylation is 2. The van der Waals surface area contributed by atoms with Crippen molar-refractivity contribution in [1.82, 2.24) is 24.8 Å². The van der Waals surface area contributed by atoms with Crippen LogP contribution in [0.3, 0.4) is 0 Å². The maximum atomic E-state index is 5.69. The molecule has 3 heterocycles. The second-order valence-electron chi connectivity index (χ2n) is 3.89. The van der Waals surface area contributed by atoms with E-state index >= 15 is 0 Å². The summed E-state index contributed by atoms with van der Waals surface area (Å²) in [5, 5.41) is 16.5. The Bertz CT molecular complexity index is 662. The third-order valence-electron chi connectivity index (χ3n) is 2.68. The van der Waals surface area contributed by atoms with E-state index in [0.717, 1.165) is 30.0 Å². The Labute approximate surface area is 108 Å². The highest BCUT2D eigenvalue weighted by Gasteiger charge is 2.05. The highest BCUT2D eigenvalue weighted by Crippen LogP contribution is 2.07. The number of rotatable bonds is 3. The molecule has 18 heavy (non-hydrogen) atoms. The number of fused-ring (bicyclic) bond motifs is 1. The van der Waals surface area contributed by atoms with E-state index < -0.39 is 0 Å². The van der Waals surface area contributed by atoms with Crippen molar-refractivity contribution in [3.63, 3.8) is 0 Å². The zero-order valence-corrected chi connectivity index (χ0v) is 10.2. The lowest BCUT2D eigenvalue weighted by atomic mass is 10.2. The number of aromatic nitrogens is 5. The van der Waals surface area contributed by atoms with Crippen LogP contribution in [0.25, 0.3) is 5.65 Å². The summed E-state index contributed by atoms with van der Waals surface area (Å²) in [7, 11) is 0. The normalized spacial score (nSPS) is 10.9. The number of pyridine rings is 1. The Kier molecular flexibility index (Phi) is 2.90. The van der Waals surface area contributed by atoms with Gasteiger partial charge in [0.15, 0.2) is 10.8 Å². The van der Waals surface area contributed by atoms with Crippen LogP contribution < -0.4 is 0 Å². The first-order valence-electron chi connectivity index (χ1n) is 5.60. The molecule has 90 valence electrons. The molecule has 0 saturated carbocycles. The van der Waals surface area contributed by atoms with E-state index in [4.69, 9.17) is 11.6 Å². The first-order valence-corrected chi connectivity index (χ1v) is 5.97. The monoisotopic (exact) mass is 259 g/mol. The standard InChI is InChI=1S/C12H10ClN5/c13-10-6-4-9(14-15-10)5-7-12-17-16-11-3-1-2-8-18(11)12/h1-4,6,8H,5,7H2. The lowest BCUT2D eigenvalue weighted by Gasteiger charge is -1.99. The van der Waals surface area contributed by atoms with E-state index in [2.05, 4.69) is 20.4 Å². The van der Waals surface area contributed by atoms with E-state index in [0.29, 0.717) is 5.15 Å². The lowest BCUT2D eigenvalue weighted by molar-refractivity contribution is 0.799. The Morgan fingerprint density at radius 3 is 2.72 bits per heavy atom. The van der Waals surface area contributed by atoms with Crippen molar-refractivity contribution in [2.45, 2.75) is 12.8 Å². The maximum absolute atomic E-state index is 5.69. The molecule has 0 amide bonds. The van der Waals surface area contributed by atoms with Gasteiger partial charge in [0.25, 0.3) is 0 Å². The zero-order chi connectivity index (χ0) is 12.4. The third-order valence-corrected chi connectivity index (χ3v) is 2.88. The Morgan fingerprint density at radius 2 is 1.89 bits per heavy atom. The van der Waals surface area contributed by atoms with E-state index in [-0.39, 0.29) is 0 Å². The van der Waals surface area contributed by atoms with Gasteiger partial charge in [-0.25, -0.2) is 0 Å². The predicted molar refractivity (Wildman–Crippen MR) is 67.4 cm³/mol. The molecule has 0 aliphatic carbocycles. The first kappa shape index (κ1) is 11.1. The van der Waals surface area contributed by atoms with Gasteiger partial charge < -0.3 is 0 Å². The van der Waals surface area contributed by atoms with Gasteiger partial charge in [-0.15, -0.1) is 15.3 Å². The first-order chi connectivity index (χ1) is 8.83. The molecule has 3 aromatic heterocycles. The summed E-state index contributed by atoms with van der Waals surface area (Å²) in [6.45, 7) is 0. The number of nitrogens with zero attached hydrogens (tertiary/aromatic N) is 5. The van der Waals surface area contributed by atoms with Gasteiger partial charge in [-0.05, 0) is 30.7 Å². The third kappa shape index (κ3) is 2.17. The van der Waals surface area contributed by atoms with Crippen molar-refractivity contribution in [2.75, 3.05) is 0 Å². The molecule has 6 heteroatoms.